The number of thioether (sulfide) groups is 1. The number of hydrogen-bond acceptors (Lipinski definition) is 8. The number of allylic oxidation sites excluding steroid dienone is 1. The maximum atomic E-state index is 14.2. The lowest BCUT2D eigenvalue weighted by atomic mass is 9.78. The Morgan fingerprint density at radius 3 is 2.07 bits per heavy atom. The highest BCUT2D eigenvalue weighted by molar-refractivity contribution is 7.98. The molecule has 0 bridgehead atoms. The molecule has 0 saturated heterocycles. The third kappa shape index (κ3) is 6.94. The first-order chi connectivity index (χ1) is 20.4. The summed E-state index contributed by atoms with van der Waals surface area (Å²) >= 11 is 2.91. The van der Waals surface area contributed by atoms with Crippen molar-refractivity contribution < 1.29 is 19.1 Å². The Balaban J connectivity index is 2.00. The Morgan fingerprint density at radius 2 is 1.59 bits per heavy atom. The lowest BCUT2D eigenvalue weighted by Crippen LogP contribution is -2.40. The first-order valence-electron chi connectivity index (χ1n) is 14.7. The number of carbonyl (C=O) groups excluding carboxylic acids is 2. The summed E-state index contributed by atoms with van der Waals surface area (Å²) in [5.41, 5.74) is 3.33. The van der Waals surface area contributed by atoms with Gasteiger partial charge in [0.25, 0.3) is 5.56 Å². The molecule has 234 valence electrons. The molecule has 0 saturated carbocycles. The molecule has 2 aromatic carbocycles. The van der Waals surface area contributed by atoms with Gasteiger partial charge < -0.3 is 9.47 Å². The highest BCUT2D eigenvalue weighted by Gasteiger charge is 2.34. The molecule has 0 aliphatic carbocycles. The molecule has 9 heteroatoms. The van der Waals surface area contributed by atoms with Crippen LogP contribution >= 0.6 is 23.1 Å². The highest BCUT2D eigenvalue weighted by Crippen LogP contribution is 2.41. The van der Waals surface area contributed by atoms with E-state index >= 15 is 0 Å². The van der Waals surface area contributed by atoms with Crippen molar-refractivity contribution in [3.63, 3.8) is 0 Å². The van der Waals surface area contributed by atoms with E-state index in [9.17, 15) is 14.4 Å². The van der Waals surface area contributed by atoms with E-state index in [4.69, 9.17) is 14.5 Å². The Bertz CT molecular complexity index is 1780. The van der Waals surface area contributed by atoms with E-state index in [0.29, 0.717) is 26.4 Å². The van der Waals surface area contributed by atoms with Crippen LogP contribution in [0.3, 0.4) is 0 Å². The van der Waals surface area contributed by atoms with Gasteiger partial charge in [-0.25, -0.2) is 9.79 Å². The van der Waals surface area contributed by atoms with Gasteiger partial charge in [0.1, 0.15) is 5.75 Å². The Hall–Kier alpha value is -3.43. The molecule has 0 spiro atoms. The Kier molecular flexibility index (Phi) is 9.52. The molecule has 2 heterocycles. The molecule has 1 aliphatic rings. The summed E-state index contributed by atoms with van der Waals surface area (Å²) in [6.45, 7) is 19.2. The molecular formula is C35H42N2O5S2. The van der Waals surface area contributed by atoms with Crippen LogP contribution < -0.4 is 19.6 Å². The first kappa shape index (κ1) is 33.5. The van der Waals surface area contributed by atoms with Crippen LogP contribution in [-0.4, -0.2) is 28.9 Å². The van der Waals surface area contributed by atoms with Crippen molar-refractivity contribution in [3.8, 4) is 5.75 Å². The second kappa shape index (κ2) is 12.5. The van der Waals surface area contributed by atoms with Gasteiger partial charge in [-0.15, -0.1) is 11.8 Å². The second-order valence-corrected chi connectivity index (χ2v) is 15.2. The van der Waals surface area contributed by atoms with E-state index in [1.807, 2.05) is 48.7 Å². The number of benzene rings is 2. The summed E-state index contributed by atoms with van der Waals surface area (Å²) in [5, 5.41) is 0. The Morgan fingerprint density at radius 1 is 1.02 bits per heavy atom. The molecular weight excluding hydrogens is 593 g/mol. The number of ether oxygens (including phenoxy) is 2. The van der Waals surface area contributed by atoms with Crippen molar-refractivity contribution in [3.05, 3.63) is 89.6 Å². The van der Waals surface area contributed by atoms with Crippen molar-refractivity contribution in [2.75, 3.05) is 6.26 Å². The summed E-state index contributed by atoms with van der Waals surface area (Å²) in [7, 11) is 0. The zero-order valence-corrected chi connectivity index (χ0v) is 29.1. The van der Waals surface area contributed by atoms with Gasteiger partial charge in [-0.2, -0.15) is 0 Å². The van der Waals surface area contributed by atoms with Crippen LogP contribution in [0.25, 0.3) is 6.08 Å². The van der Waals surface area contributed by atoms with Gasteiger partial charge in [0.05, 0.1) is 27.9 Å². The Labute approximate surface area is 267 Å². The summed E-state index contributed by atoms with van der Waals surface area (Å²) in [4.78, 5) is 46.1. The molecule has 0 N–H and O–H groups in total. The molecule has 1 aromatic heterocycles. The molecule has 1 unspecified atom stereocenters. The van der Waals surface area contributed by atoms with Crippen molar-refractivity contribution in [1.29, 1.82) is 0 Å². The fraction of sp³-hybridized carbons (Fsp3) is 0.429. The van der Waals surface area contributed by atoms with Gasteiger partial charge in [-0.05, 0) is 79.3 Å². The van der Waals surface area contributed by atoms with E-state index in [-0.39, 0.29) is 28.5 Å². The fourth-order valence-corrected chi connectivity index (χ4v) is 6.67. The smallest absolute Gasteiger partial charge is 0.338 e. The van der Waals surface area contributed by atoms with E-state index < -0.39 is 12.0 Å². The fourth-order valence-electron chi connectivity index (χ4n) is 5.22. The van der Waals surface area contributed by atoms with E-state index in [0.717, 1.165) is 27.1 Å². The largest absolute Gasteiger partial charge is 0.459 e. The standard InChI is InChI=1S/C35H42N2O5S2/c1-19(2)41-32(40)28-20(3)36-33-37(29(28)23-12-14-24(43-11)15-13-23)31(39)27(44-33)18-22-16-25(34(5,6)7)30(42-21(4)38)26(17-22)35(8,9)10/h12-19,29H,1-11H3. The molecule has 1 aliphatic heterocycles. The average Bonchev–Trinajstić information content (AvgIpc) is 3.20. The van der Waals surface area contributed by atoms with Crippen LogP contribution in [0.4, 0.5) is 0 Å². The zero-order chi connectivity index (χ0) is 32.7. The molecule has 7 nitrogen and oxygen atoms in total. The third-order valence-electron chi connectivity index (χ3n) is 7.29. The first-order valence-corrected chi connectivity index (χ1v) is 16.7. The molecule has 0 fully saturated rings. The minimum Gasteiger partial charge on any atom is -0.459 e. The number of rotatable bonds is 6. The normalized spacial score (nSPS) is 15.7. The van der Waals surface area contributed by atoms with Crippen molar-refractivity contribution in [2.24, 2.45) is 4.99 Å². The van der Waals surface area contributed by atoms with Crippen molar-refractivity contribution >= 4 is 41.1 Å². The maximum Gasteiger partial charge on any atom is 0.338 e. The molecule has 1 atom stereocenters. The number of fused-ring (bicyclic) bond motifs is 1. The van der Waals surface area contributed by atoms with Gasteiger partial charge in [0, 0.05) is 22.9 Å². The van der Waals surface area contributed by atoms with Crippen molar-refractivity contribution in [1.82, 2.24) is 4.57 Å². The lowest BCUT2D eigenvalue weighted by Gasteiger charge is -2.29. The number of aromatic nitrogens is 1. The van der Waals surface area contributed by atoms with Crippen LogP contribution in [0.15, 0.2) is 62.4 Å². The average molecular weight is 635 g/mol. The predicted molar refractivity (Wildman–Crippen MR) is 178 cm³/mol. The van der Waals surface area contributed by atoms with E-state index in [1.54, 1.807) is 37.1 Å². The van der Waals surface area contributed by atoms with Crippen LogP contribution in [0.5, 0.6) is 5.75 Å². The zero-order valence-electron chi connectivity index (χ0n) is 27.4. The monoisotopic (exact) mass is 634 g/mol. The second-order valence-electron chi connectivity index (χ2n) is 13.3. The molecule has 0 amide bonds. The number of thiazole rings is 1. The van der Waals surface area contributed by atoms with Gasteiger partial charge in [0.15, 0.2) is 4.80 Å². The van der Waals surface area contributed by atoms with Gasteiger partial charge in [0.2, 0.25) is 0 Å². The summed E-state index contributed by atoms with van der Waals surface area (Å²) in [6.07, 6.45) is 3.55. The summed E-state index contributed by atoms with van der Waals surface area (Å²) in [5.74, 6) is -0.302. The van der Waals surface area contributed by atoms with E-state index in [2.05, 4.69) is 41.5 Å². The number of esters is 2. The molecule has 4 rings (SSSR count). The minimum atomic E-state index is -0.683. The quantitative estimate of drug-likeness (QED) is 0.177. The molecule has 0 radical (unpaired) electrons. The minimum absolute atomic E-state index is 0.242. The molecule has 44 heavy (non-hydrogen) atoms. The van der Waals surface area contributed by atoms with Crippen LogP contribution in [0.1, 0.15) is 97.5 Å². The number of carbonyl (C=O) groups is 2. The van der Waals surface area contributed by atoms with Gasteiger partial charge >= 0.3 is 11.9 Å². The highest BCUT2D eigenvalue weighted by atomic mass is 32.2. The summed E-state index contributed by atoms with van der Waals surface area (Å²) in [6, 6.07) is 11.2. The number of hydrogen-bond donors (Lipinski definition) is 0. The van der Waals surface area contributed by atoms with Gasteiger partial charge in [-0.1, -0.05) is 65.0 Å². The maximum absolute atomic E-state index is 14.2. The van der Waals surface area contributed by atoms with E-state index in [1.165, 1.54) is 18.3 Å². The van der Waals surface area contributed by atoms with Crippen LogP contribution in [-0.2, 0) is 25.2 Å². The van der Waals surface area contributed by atoms with Crippen LogP contribution in [0, 0.1) is 0 Å². The lowest BCUT2D eigenvalue weighted by molar-refractivity contribution is -0.143. The van der Waals surface area contributed by atoms with Crippen molar-refractivity contribution in [2.45, 2.75) is 97.1 Å². The van der Waals surface area contributed by atoms with Crippen LogP contribution in [0.2, 0.25) is 0 Å². The topological polar surface area (TPSA) is 87.0 Å². The third-order valence-corrected chi connectivity index (χ3v) is 9.01. The number of nitrogens with zero attached hydrogens (tertiary/aromatic N) is 2. The molecule has 3 aromatic rings. The predicted octanol–water partition coefficient (Wildman–Crippen LogP) is 6.43. The summed E-state index contributed by atoms with van der Waals surface area (Å²) < 4.78 is 13.5. The SMILES string of the molecule is CSc1ccc(C2C(C(=O)OC(C)C)=C(C)N=c3sc(=Cc4cc(C(C)(C)C)c(OC(C)=O)c(C(C)(C)C)c4)c(=O)n32)cc1. The van der Waals surface area contributed by atoms with Gasteiger partial charge in [-0.3, -0.25) is 14.2 Å².